The molecule has 2 saturated heterocycles. The maximum absolute atomic E-state index is 11.1. The van der Waals surface area contributed by atoms with Crippen molar-refractivity contribution in [1.82, 2.24) is 15.3 Å². The molecule has 0 amide bonds. The normalized spacial score (nSPS) is 31.9. The maximum atomic E-state index is 11.1. The quantitative estimate of drug-likeness (QED) is 0.754. The molecule has 2 N–H and O–H groups in total. The van der Waals surface area contributed by atoms with Gasteiger partial charge in [-0.25, -0.2) is 14.8 Å². The number of piperidine rings is 2. The summed E-state index contributed by atoms with van der Waals surface area (Å²) in [5, 5.41) is 12.5. The van der Waals surface area contributed by atoms with Crippen LogP contribution >= 0.6 is 0 Å². The molecule has 16 heavy (non-hydrogen) atoms. The van der Waals surface area contributed by atoms with Gasteiger partial charge in [0.15, 0.2) is 0 Å². The number of aromatic nitrogens is 2. The Kier molecular flexibility index (Phi) is 1.97. The molecule has 0 aromatic carbocycles. The lowest BCUT2D eigenvalue weighted by Crippen LogP contribution is -2.58. The fraction of sp³-hybridized carbons (Fsp3) is 0.545. The predicted octanol–water partition coefficient (Wildman–Crippen LogP) is 0.426. The number of hydrogen-bond donors (Lipinski definition) is 2. The van der Waals surface area contributed by atoms with Crippen LogP contribution in [-0.2, 0) is 5.41 Å². The summed E-state index contributed by atoms with van der Waals surface area (Å²) >= 11 is 0. The number of carbonyl (C=O) groups is 1. The summed E-state index contributed by atoms with van der Waals surface area (Å²) in [7, 11) is 0. The van der Waals surface area contributed by atoms with Gasteiger partial charge in [0.2, 0.25) is 0 Å². The molecule has 84 valence electrons. The summed E-state index contributed by atoms with van der Waals surface area (Å²) < 4.78 is 0. The molecule has 3 fully saturated rings. The van der Waals surface area contributed by atoms with Gasteiger partial charge in [-0.1, -0.05) is 0 Å². The molecule has 3 heterocycles. The Morgan fingerprint density at radius 2 is 2.38 bits per heavy atom. The van der Waals surface area contributed by atoms with Gasteiger partial charge in [-0.2, -0.15) is 0 Å². The number of carboxylic acids is 1. The van der Waals surface area contributed by atoms with E-state index in [9.17, 15) is 4.79 Å². The summed E-state index contributed by atoms with van der Waals surface area (Å²) in [5.41, 5.74) is 0.905. The van der Waals surface area contributed by atoms with E-state index in [1.54, 1.807) is 0 Å². The van der Waals surface area contributed by atoms with Crippen LogP contribution in [0.2, 0.25) is 0 Å². The summed E-state index contributed by atoms with van der Waals surface area (Å²) in [6, 6.07) is 0. The van der Waals surface area contributed by atoms with E-state index in [-0.39, 0.29) is 11.0 Å². The third-order valence-corrected chi connectivity index (χ3v) is 3.70. The third-order valence-electron chi connectivity index (χ3n) is 3.70. The Balaban J connectivity index is 2.03. The fourth-order valence-electron chi connectivity index (χ4n) is 3.04. The van der Waals surface area contributed by atoms with Crippen molar-refractivity contribution in [3.05, 3.63) is 23.8 Å². The number of nitrogens with one attached hydrogen (secondary N) is 1. The van der Waals surface area contributed by atoms with E-state index in [0.717, 1.165) is 25.9 Å². The summed E-state index contributed by atoms with van der Waals surface area (Å²) in [6.07, 6.45) is 4.95. The van der Waals surface area contributed by atoms with Crippen LogP contribution in [0, 0.1) is 5.92 Å². The molecule has 0 unspecified atom stereocenters. The summed E-state index contributed by atoms with van der Waals surface area (Å²) in [5.74, 6) is -0.246. The van der Waals surface area contributed by atoms with Crippen molar-refractivity contribution in [3.8, 4) is 0 Å². The molecule has 1 aliphatic carbocycles. The van der Waals surface area contributed by atoms with E-state index in [1.165, 1.54) is 12.5 Å². The fourth-order valence-corrected chi connectivity index (χ4v) is 3.04. The van der Waals surface area contributed by atoms with Gasteiger partial charge in [0.05, 0.1) is 11.3 Å². The Morgan fingerprint density at radius 1 is 1.56 bits per heavy atom. The van der Waals surface area contributed by atoms with Gasteiger partial charge >= 0.3 is 5.97 Å². The summed E-state index contributed by atoms with van der Waals surface area (Å²) in [4.78, 5) is 19.1. The maximum Gasteiger partial charge on any atom is 0.339 e. The molecule has 2 aliphatic heterocycles. The van der Waals surface area contributed by atoms with Crippen LogP contribution in [0.1, 0.15) is 28.9 Å². The van der Waals surface area contributed by atoms with Gasteiger partial charge in [-0.05, 0) is 25.3 Å². The molecule has 0 spiro atoms. The van der Waals surface area contributed by atoms with Gasteiger partial charge in [0.1, 0.15) is 6.33 Å². The van der Waals surface area contributed by atoms with E-state index in [0.29, 0.717) is 11.6 Å². The van der Waals surface area contributed by atoms with E-state index in [2.05, 4.69) is 15.3 Å². The minimum Gasteiger partial charge on any atom is -0.478 e. The molecule has 4 rings (SSSR count). The average Bonchev–Trinajstić information content (AvgIpc) is 2.28. The molecule has 0 radical (unpaired) electrons. The molecular formula is C11H13N3O2. The van der Waals surface area contributed by atoms with Crippen molar-refractivity contribution in [1.29, 1.82) is 0 Å². The molecule has 0 atom stereocenters. The Morgan fingerprint density at radius 3 is 3.00 bits per heavy atom. The second-order valence-corrected chi connectivity index (χ2v) is 4.78. The van der Waals surface area contributed by atoms with Crippen LogP contribution in [0.15, 0.2) is 12.5 Å². The van der Waals surface area contributed by atoms with Crippen LogP contribution < -0.4 is 5.32 Å². The zero-order chi connectivity index (χ0) is 11.2. The highest BCUT2D eigenvalue weighted by atomic mass is 16.4. The van der Waals surface area contributed by atoms with Gasteiger partial charge < -0.3 is 10.4 Å². The second-order valence-electron chi connectivity index (χ2n) is 4.78. The number of carboxylic acid groups (broad SMARTS) is 1. The lowest BCUT2D eigenvalue weighted by molar-refractivity contribution is 0.0655. The van der Waals surface area contributed by atoms with Crippen molar-refractivity contribution < 1.29 is 9.90 Å². The van der Waals surface area contributed by atoms with E-state index in [1.807, 2.05) is 0 Å². The molecule has 1 aromatic heterocycles. The second kappa shape index (κ2) is 3.25. The van der Waals surface area contributed by atoms with Crippen molar-refractivity contribution >= 4 is 5.97 Å². The number of rotatable bonds is 2. The first-order chi connectivity index (χ1) is 7.71. The van der Waals surface area contributed by atoms with Crippen LogP contribution in [-0.4, -0.2) is 34.1 Å². The van der Waals surface area contributed by atoms with E-state index < -0.39 is 5.97 Å². The topological polar surface area (TPSA) is 75.1 Å². The number of hydrogen-bond acceptors (Lipinski definition) is 4. The molecule has 1 aromatic rings. The van der Waals surface area contributed by atoms with E-state index in [4.69, 9.17) is 5.11 Å². The van der Waals surface area contributed by atoms with Gasteiger partial charge in [0, 0.05) is 18.2 Å². The molecule has 1 saturated carbocycles. The monoisotopic (exact) mass is 219 g/mol. The van der Waals surface area contributed by atoms with Crippen molar-refractivity contribution in [2.24, 2.45) is 5.92 Å². The Bertz CT molecular complexity index is 435. The zero-order valence-electron chi connectivity index (χ0n) is 8.81. The van der Waals surface area contributed by atoms with Crippen molar-refractivity contribution in [2.75, 3.05) is 13.1 Å². The van der Waals surface area contributed by atoms with Crippen molar-refractivity contribution in [2.45, 2.75) is 18.3 Å². The van der Waals surface area contributed by atoms with Gasteiger partial charge in [-0.15, -0.1) is 0 Å². The van der Waals surface area contributed by atoms with Crippen LogP contribution in [0.5, 0.6) is 0 Å². The number of nitrogens with zero attached hydrogens (tertiary/aromatic N) is 2. The van der Waals surface area contributed by atoms with E-state index >= 15 is 0 Å². The standard InChI is InChI=1S/C11H13N3O2/c15-10(16)8-4-13-6-14-9(8)11-1-7(2-11)3-12-5-11/h4,6-7,12H,1-3,5H2,(H,15,16). The van der Waals surface area contributed by atoms with Crippen LogP contribution in [0.3, 0.4) is 0 Å². The van der Waals surface area contributed by atoms with Crippen LogP contribution in [0.4, 0.5) is 0 Å². The predicted molar refractivity (Wildman–Crippen MR) is 56.3 cm³/mol. The number of aromatic carboxylic acids is 1. The highest BCUT2D eigenvalue weighted by Crippen LogP contribution is 2.49. The average molecular weight is 219 g/mol. The first-order valence-electron chi connectivity index (χ1n) is 5.46. The largest absolute Gasteiger partial charge is 0.478 e. The highest BCUT2D eigenvalue weighted by molar-refractivity contribution is 5.89. The molecule has 3 aliphatic rings. The molecule has 2 bridgehead atoms. The lowest BCUT2D eigenvalue weighted by Gasteiger charge is -2.52. The molecule has 5 heteroatoms. The first kappa shape index (κ1) is 9.72. The SMILES string of the molecule is O=C(O)c1cncnc1C12CNCC(C1)C2. The Labute approximate surface area is 92.9 Å². The minimum absolute atomic E-state index is 0.0560. The molecule has 5 nitrogen and oxygen atoms in total. The third kappa shape index (κ3) is 1.24. The van der Waals surface area contributed by atoms with Crippen molar-refractivity contribution in [3.63, 3.8) is 0 Å². The Hall–Kier alpha value is -1.49. The summed E-state index contributed by atoms with van der Waals surface area (Å²) in [6.45, 7) is 1.88. The van der Waals surface area contributed by atoms with Crippen LogP contribution in [0.25, 0.3) is 0 Å². The zero-order valence-corrected chi connectivity index (χ0v) is 8.81. The van der Waals surface area contributed by atoms with Gasteiger partial charge in [0.25, 0.3) is 0 Å². The molecular weight excluding hydrogens is 206 g/mol. The smallest absolute Gasteiger partial charge is 0.339 e. The van der Waals surface area contributed by atoms with Gasteiger partial charge in [-0.3, -0.25) is 0 Å². The first-order valence-corrected chi connectivity index (χ1v) is 5.46. The number of fused-ring (bicyclic) bond motifs is 2. The lowest BCUT2D eigenvalue weighted by atomic mass is 9.57. The highest BCUT2D eigenvalue weighted by Gasteiger charge is 2.50. The minimum atomic E-state index is -0.931.